The number of ether oxygens (including phenoxy) is 3. The van der Waals surface area contributed by atoms with Crippen LogP contribution >= 0.6 is 11.6 Å². The Morgan fingerprint density at radius 2 is 1.81 bits per heavy atom. The lowest BCUT2D eigenvalue weighted by molar-refractivity contribution is -0.123. The molecule has 7 nitrogen and oxygen atoms in total. The van der Waals surface area contributed by atoms with Crippen LogP contribution in [0.3, 0.4) is 0 Å². The maximum Gasteiger partial charge on any atom is 0.258 e. The van der Waals surface area contributed by atoms with Crippen LogP contribution in [-0.2, 0) is 4.79 Å². The van der Waals surface area contributed by atoms with Crippen LogP contribution in [0.2, 0.25) is 5.02 Å². The van der Waals surface area contributed by atoms with E-state index in [1.54, 1.807) is 38.5 Å². The van der Waals surface area contributed by atoms with Gasteiger partial charge in [-0.3, -0.25) is 9.59 Å². The summed E-state index contributed by atoms with van der Waals surface area (Å²) in [6, 6.07) is 9.39. The molecule has 2 aromatic carbocycles. The Kier molecular flexibility index (Phi) is 6.90. The van der Waals surface area contributed by atoms with Gasteiger partial charge < -0.3 is 25.3 Å². The third kappa shape index (κ3) is 5.27. The molecule has 0 fully saturated rings. The minimum Gasteiger partial charge on any atom is -0.497 e. The first-order valence-corrected chi connectivity index (χ1v) is 8.47. The number of nitrogens with one attached hydrogen (secondary N) is 1. The molecule has 1 unspecified atom stereocenters. The molecule has 2 rings (SSSR count). The van der Waals surface area contributed by atoms with E-state index in [1.807, 2.05) is 6.92 Å². The molecule has 2 aromatic rings. The molecule has 144 valence electrons. The van der Waals surface area contributed by atoms with Crippen molar-refractivity contribution in [2.75, 3.05) is 20.8 Å². The largest absolute Gasteiger partial charge is 0.497 e. The topological polar surface area (TPSA) is 99.9 Å². The van der Waals surface area contributed by atoms with E-state index in [1.165, 1.54) is 12.1 Å². The van der Waals surface area contributed by atoms with E-state index in [9.17, 15) is 9.59 Å². The summed E-state index contributed by atoms with van der Waals surface area (Å²) in [5.41, 5.74) is 6.17. The smallest absolute Gasteiger partial charge is 0.258 e. The molecule has 0 spiro atoms. The molecule has 0 radical (unpaired) electrons. The monoisotopic (exact) mass is 392 g/mol. The highest BCUT2D eigenvalue weighted by Crippen LogP contribution is 2.29. The van der Waals surface area contributed by atoms with Crippen molar-refractivity contribution in [1.82, 2.24) is 5.32 Å². The third-order valence-electron chi connectivity index (χ3n) is 3.85. The molecule has 0 bridgehead atoms. The zero-order chi connectivity index (χ0) is 20.0. The Morgan fingerprint density at radius 3 is 2.44 bits per heavy atom. The number of amides is 2. The first-order chi connectivity index (χ1) is 12.8. The highest BCUT2D eigenvalue weighted by molar-refractivity contribution is 6.31. The molecule has 1 atom stereocenters. The lowest BCUT2D eigenvalue weighted by Gasteiger charge is -2.18. The first kappa shape index (κ1) is 20.4. The van der Waals surface area contributed by atoms with Crippen LogP contribution in [0.15, 0.2) is 36.4 Å². The number of hydrogen-bond acceptors (Lipinski definition) is 5. The van der Waals surface area contributed by atoms with Gasteiger partial charge in [0.1, 0.15) is 17.2 Å². The van der Waals surface area contributed by atoms with Crippen molar-refractivity contribution in [1.29, 1.82) is 0 Å². The minimum atomic E-state index is -0.692. The number of nitrogens with two attached hydrogens (primary N) is 1. The van der Waals surface area contributed by atoms with E-state index in [2.05, 4.69) is 5.32 Å². The van der Waals surface area contributed by atoms with Crippen molar-refractivity contribution in [2.45, 2.75) is 13.0 Å². The molecule has 27 heavy (non-hydrogen) atoms. The summed E-state index contributed by atoms with van der Waals surface area (Å²) in [5.74, 6) is 0.391. The molecule has 0 saturated heterocycles. The third-order valence-corrected chi connectivity index (χ3v) is 4.08. The Balaban J connectivity index is 2.05. The molecule has 0 aliphatic carbocycles. The van der Waals surface area contributed by atoms with Crippen LogP contribution in [-0.4, -0.2) is 32.6 Å². The molecule has 0 saturated carbocycles. The number of methoxy groups -OCH3 is 2. The summed E-state index contributed by atoms with van der Waals surface area (Å²) in [7, 11) is 3.11. The zero-order valence-corrected chi connectivity index (χ0v) is 16.0. The summed E-state index contributed by atoms with van der Waals surface area (Å²) >= 11 is 5.85. The summed E-state index contributed by atoms with van der Waals surface area (Å²) in [6.45, 7) is 1.52. The van der Waals surface area contributed by atoms with Crippen LogP contribution in [0, 0.1) is 0 Å². The lowest BCUT2D eigenvalue weighted by Crippen LogP contribution is -2.31. The van der Waals surface area contributed by atoms with E-state index < -0.39 is 5.91 Å². The van der Waals surface area contributed by atoms with Crippen molar-refractivity contribution in [2.24, 2.45) is 5.73 Å². The number of hydrogen-bond donors (Lipinski definition) is 2. The van der Waals surface area contributed by atoms with Gasteiger partial charge in [0.15, 0.2) is 6.61 Å². The van der Waals surface area contributed by atoms with Gasteiger partial charge in [0.25, 0.3) is 11.8 Å². The van der Waals surface area contributed by atoms with Crippen LogP contribution < -0.4 is 25.3 Å². The number of primary amides is 1. The first-order valence-electron chi connectivity index (χ1n) is 8.09. The zero-order valence-electron chi connectivity index (χ0n) is 15.2. The molecule has 3 N–H and O–H groups in total. The van der Waals surface area contributed by atoms with Crippen LogP contribution in [0.4, 0.5) is 0 Å². The van der Waals surface area contributed by atoms with E-state index in [0.29, 0.717) is 16.5 Å². The molecular formula is C19H21ClN2O5. The average molecular weight is 393 g/mol. The molecule has 0 heterocycles. The Hall–Kier alpha value is -2.93. The molecule has 2 amide bonds. The molecule has 0 aliphatic heterocycles. The molecule has 8 heteroatoms. The van der Waals surface area contributed by atoms with Gasteiger partial charge in [0.05, 0.1) is 25.8 Å². The van der Waals surface area contributed by atoms with Gasteiger partial charge in [-0.15, -0.1) is 0 Å². The maximum atomic E-state index is 12.3. The summed E-state index contributed by atoms with van der Waals surface area (Å²) < 4.78 is 16.0. The van der Waals surface area contributed by atoms with Crippen LogP contribution in [0.5, 0.6) is 17.2 Å². The SMILES string of the molecule is COc1ccc(OC)c(C(C)NC(=O)COc2ccc(Cl)cc2C(N)=O)c1. The van der Waals surface area contributed by atoms with Gasteiger partial charge in [-0.25, -0.2) is 0 Å². The van der Waals surface area contributed by atoms with Gasteiger partial charge in [-0.1, -0.05) is 11.6 Å². The van der Waals surface area contributed by atoms with Gasteiger partial charge in [0.2, 0.25) is 0 Å². The fraction of sp³-hybridized carbons (Fsp3) is 0.263. The van der Waals surface area contributed by atoms with Crippen molar-refractivity contribution < 1.29 is 23.8 Å². The second kappa shape index (κ2) is 9.14. The van der Waals surface area contributed by atoms with Gasteiger partial charge in [-0.2, -0.15) is 0 Å². The number of carbonyl (C=O) groups is 2. The fourth-order valence-corrected chi connectivity index (χ4v) is 2.67. The Bertz CT molecular complexity index is 841. The van der Waals surface area contributed by atoms with E-state index in [4.69, 9.17) is 31.5 Å². The molecule has 0 aliphatic rings. The number of carbonyl (C=O) groups excluding carboxylic acids is 2. The van der Waals surface area contributed by atoms with Crippen molar-refractivity contribution in [3.63, 3.8) is 0 Å². The second-order valence-electron chi connectivity index (χ2n) is 5.69. The molecular weight excluding hydrogens is 372 g/mol. The van der Waals surface area contributed by atoms with Gasteiger partial charge in [-0.05, 0) is 43.3 Å². The van der Waals surface area contributed by atoms with E-state index in [0.717, 1.165) is 5.56 Å². The van der Waals surface area contributed by atoms with E-state index in [-0.39, 0.29) is 29.9 Å². The van der Waals surface area contributed by atoms with Crippen LogP contribution in [0.1, 0.15) is 28.9 Å². The lowest BCUT2D eigenvalue weighted by atomic mass is 10.1. The van der Waals surface area contributed by atoms with Crippen LogP contribution in [0.25, 0.3) is 0 Å². The Morgan fingerprint density at radius 1 is 1.11 bits per heavy atom. The highest BCUT2D eigenvalue weighted by atomic mass is 35.5. The van der Waals surface area contributed by atoms with Crippen molar-refractivity contribution in [3.05, 3.63) is 52.5 Å². The normalized spacial score (nSPS) is 11.4. The fourth-order valence-electron chi connectivity index (χ4n) is 2.50. The van der Waals surface area contributed by atoms with Crippen molar-refractivity contribution in [3.8, 4) is 17.2 Å². The highest BCUT2D eigenvalue weighted by Gasteiger charge is 2.17. The number of rotatable bonds is 8. The summed E-state index contributed by atoms with van der Waals surface area (Å²) in [5, 5.41) is 3.16. The Labute approximate surface area is 162 Å². The average Bonchev–Trinajstić information content (AvgIpc) is 2.66. The predicted octanol–water partition coefficient (Wildman–Crippen LogP) is 2.71. The maximum absolute atomic E-state index is 12.3. The van der Waals surface area contributed by atoms with Crippen molar-refractivity contribution >= 4 is 23.4 Å². The van der Waals surface area contributed by atoms with Gasteiger partial charge >= 0.3 is 0 Å². The second-order valence-corrected chi connectivity index (χ2v) is 6.13. The number of halogens is 1. The minimum absolute atomic E-state index is 0.109. The summed E-state index contributed by atoms with van der Waals surface area (Å²) in [4.78, 5) is 23.7. The predicted molar refractivity (Wildman–Crippen MR) is 102 cm³/mol. The number of benzene rings is 2. The summed E-state index contributed by atoms with van der Waals surface area (Å²) in [6.07, 6.45) is 0. The quantitative estimate of drug-likeness (QED) is 0.719. The van der Waals surface area contributed by atoms with Gasteiger partial charge in [0, 0.05) is 10.6 Å². The molecule has 0 aromatic heterocycles. The van der Waals surface area contributed by atoms with E-state index >= 15 is 0 Å². The standard InChI is InChI=1S/C19H21ClN2O5/c1-11(14-9-13(25-2)5-7-16(14)26-3)22-18(23)10-27-17-6-4-12(20)8-15(17)19(21)24/h4-9,11H,10H2,1-3H3,(H2,21,24)(H,22,23).